The van der Waals surface area contributed by atoms with Gasteiger partial charge in [-0.25, -0.2) is 9.79 Å². The van der Waals surface area contributed by atoms with E-state index in [1.807, 2.05) is 52.0 Å². The molecule has 1 aromatic carbocycles. The van der Waals surface area contributed by atoms with E-state index in [4.69, 9.17) is 9.47 Å². The van der Waals surface area contributed by atoms with E-state index in [9.17, 15) is 4.79 Å². The summed E-state index contributed by atoms with van der Waals surface area (Å²) in [6.07, 6.45) is -0.272. The van der Waals surface area contributed by atoms with Crippen molar-refractivity contribution in [1.82, 2.24) is 15.5 Å². The van der Waals surface area contributed by atoms with E-state index in [0.29, 0.717) is 19.6 Å². The lowest BCUT2D eigenvalue weighted by atomic mass is 10.1. The van der Waals surface area contributed by atoms with E-state index in [0.717, 1.165) is 23.8 Å². The summed E-state index contributed by atoms with van der Waals surface area (Å²) in [5, 5.41) is 6.59. The van der Waals surface area contributed by atoms with Crippen molar-refractivity contribution < 1.29 is 14.3 Å². The highest BCUT2D eigenvalue weighted by atomic mass is 127. The molecule has 1 aliphatic heterocycles. The minimum atomic E-state index is -0.472. The van der Waals surface area contributed by atoms with Crippen LogP contribution in [-0.2, 0) is 11.3 Å². The highest BCUT2D eigenvalue weighted by Gasteiger charge is 2.34. The number of carbonyl (C=O) groups is 1. The molecule has 1 aromatic rings. The summed E-state index contributed by atoms with van der Waals surface area (Å²) in [6, 6.07) is 8.00. The monoisotopic (exact) mass is 490 g/mol. The molecule has 152 valence electrons. The molecule has 0 bridgehead atoms. The first kappa shape index (κ1) is 23.3. The van der Waals surface area contributed by atoms with Crippen LogP contribution in [-0.4, -0.2) is 55.3 Å². The SMILES string of the molecule is CCNC(=NCc1ccccc1OC)NC1CN(C(=O)OC(C)(C)C)C1.I. The topological polar surface area (TPSA) is 75.2 Å². The second-order valence-corrected chi connectivity index (χ2v) is 7.23. The molecule has 0 saturated carbocycles. The molecule has 0 aromatic heterocycles. The largest absolute Gasteiger partial charge is 0.496 e. The van der Waals surface area contributed by atoms with Gasteiger partial charge in [0.2, 0.25) is 0 Å². The fourth-order valence-electron chi connectivity index (χ4n) is 2.56. The Labute approximate surface area is 178 Å². The third kappa shape index (κ3) is 7.43. The van der Waals surface area contributed by atoms with E-state index in [1.54, 1.807) is 12.0 Å². The first-order chi connectivity index (χ1) is 12.3. The summed E-state index contributed by atoms with van der Waals surface area (Å²) in [6.45, 7) is 10.1. The number of likely N-dealkylation sites (tertiary alicyclic amines) is 1. The average Bonchev–Trinajstić information content (AvgIpc) is 2.53. The van der Waals surface area contributed by atoms with Crippen LogP contribution in [0.5, 0.6) is 5.75 Å². The van der Waals surface area contributed by atoms with Gasteiger partial charge in [-0.15, -0.1) is 24.0 Å². The van der Waals surface area contributed by atoms with Gasteiger partial charge in [0.1, 0.15) is 11.4 Å². The first-order valence-corrected chi connectivity index (χ1v) is 8.97. The molecule has 0 radical (unpaired) electrons. The van der Waals surface area contributed by atoms with Crippen molar-refractivity contribution in [2.24, 2.45) is 4.99 Å². The number of amides is 1. The van der Waals surface area contributed by atoms with E-state index < -0.39 is 5.60 Å². The zero-order chi connectivity index (χ0) is 19.2. The lowest BCUT2D eigenvalue weighted by Crippen LogP contribution is -2.63. The highest BCUT2D eigenvalue weighted by Crippen LogP contribution is 2.18. The second kappa shape index (κ2) is 10.6. The van der Waals surface area contributed by atoms with Gasteiger partial charge in [0.15, 0.2) is 5.96 Å². The van der Waals surface area contributed by atoms with Crippen LogP contribution in [0.4, 0.5) is 4.79 Å². The number of hydrogen-bond acceptors (Lipinski definition) is 4. The van der Waals surface area contributed by atoms with Crippen LogP contribution < -0.4 is 15.4 Å². The zero-order valence-corrected chi connectivity index (χ0v) is 19.1. The predicted octanol–water partition coefficient (Wildman–Crippen LogP) is 2.99. The van der Waals surface area contributed by atoms with E-state index >= 15 is 0 Å². The molecule has 2 N–H and O–H groups in total. The van der Waals surface area contributed by atoms with Crippen molar-refractivity contribution in [3.63, 3.8) is 0 Å². The third-order valence-corrected chi connectivity index (χ3v) is 3.82. The lowest BCUT2D eigenvalue weighted by Gasteiger charge is -2.40. The Hall–Kier alpha value is -1.71. The maximum atomic E-state index is 12.0. The molecular weight excluding hydrogens is 459 g/mol. The molecule has 1 saturated heterocycles. The van der Waals surface area contributed by atoms with Crippen LogP contribution in [0.25, 0.3) is 0 Å². The van der Waals surface area contributed by atoms with Gasteiger partial charge < -0.3 is 25.0 Å². The second-order valence-electron chi connectivity index (χ2n) is 7.23. The number of aliphatic imine (C=N–C) groups is 1. The number of ether oxygens (including phenoxy) is 2. The molecule has 2 rings (SSSR count). The van der Waals surface area contributed by atoms with Gasteiger partial charge in [-0.2, -0.15) is 0 Å². The highest BCUT2D eigenvalue weighted by molar-refractivity contribution is 14.0. The van der Waals surface area contributed by atoms with Gasteiger partial charge in [0.25, 0.3) is 0 Å². The fourth-order valence-corrected chi connectivity index (χ4v) is 2.56. The van der Waals surface area contributed by atoms with Crippen LogP contribution in [0.2, 0.25) is 0 Å². The predicted molar refractivity (Wildman–Crippen MR) is 118 cm³/mol. The Morgan fingerprint density at radius 2 is 1.96 bits per heavy atom. The number of hydrogen-bond donors (Lipinski definition) is 2. The molecule has 27 heavy (non-hydrogen) atoms. The van der Waals surface area contributed by atoms with Crippen LogP contribution in [0.3, 0.4) is 0 Å². The van der Waals surface area contributed by atoms with E-state index in [2.05, 4.69) is 15.6 Å². The number of nitrogens with zero attached hydrogens (tertiary/aromatic N) is 2. The average molecular weight is 490 g/mol. The van der Waals surface area contributed by atoms with E-state index in [1.165, 1.54) is 0 Å². The number of carbonyl (C=O) groups excluding carboxylic acids is 1. The molecule has 0 atom stereocenters. The number of halogens is 1. The van der Waals surface area contributed by atoms with Gasteiger partial charge in [-0.3, -0.25) is 0 Å². The van der Waals surface area contributed by atoms with Crippen LogP contribution >= 0.6 is 24.0 Å². The molecule has 0 spiro atoms. The Balaban J connectivity index is 0.00000364. The van der Waals surface area contributed by atoms with E-state index in [-0.39, 0.29) is 36.1 Å². The summed E-state index contributed by atoms with van der Waals surface area (Å²) in [7, 11) is 1.66. The van der Waals surface area contributed by atoms with Crippen molar-refractivity contribution in [3.05, 3.63) is 29.8 Å². The summed E-state index contributed by atoms with van der Waals surface area (Å²) in [5.74, 6) is 1.55. The number of benzene rings is 1. The number of nitrogens with one attached hydrogen (secondary N) is 2. The van der Waals surface area contributed by atoms with Crippen LogP contribution in [0.15, 0.2) is 29.3 Å². The standard InChI is InChI=1S/C19H30N4O3.HI/c1-6-20-17(21-11-14-9-7-8-10-16(14)25-5)22-15-12-23(13-15)18(24)26-19(2,3)4;/h7-10,15H,6,11-13H2,1-5H3,(H2,20,21,22);1H. The number of rotatable bonds is 5. The molecular formula is C19H31IN4O3. The summed E-state index contributed by atoms with van der Waals surface area (Å²) >= 11 is 0. The van der Waals surface area contributed by atoms with Crippen LogP contribution in [0.1, 0.15) is 33.3 Å². The number of methoxy groups -OCH3 is 1. The summed E-state index contributed by atoms with van der Waals surface area (Å²) < 4.78 is 10.7. The molecule has 1 heterocycles. The minimum Gasteiger partial charge on any atom is -0.496 e. The maximum absolute atomic E-state index is 12.0. The Morgan fingerprint density at radius 1 is 1.30 bits per heavy atom. The van der Waals surface area contributed by atoms with Crippen molar-refractivity contribution >= 4 is 36.0 Å². The van der Waals surface area contributed by atoms with Gasteiger partial charge >= 0.3 is 6.09 Å². The Bertz CT molecular complexity index is 640. The van der Waals surface area contributed by atoms with Crippen LogP contribution in [0, 0.1) is 0 Å². The number of guanidine groups is 1. The van der Waals surface area contributed by atoms with Crippen molar-refractivity contribution in [3.8, 4) is 5.75 Å². The maximum Gasteiger partial charge on any atom is 0.410 e. The van der Waals surface area contributed by atoms with Gasteiger partial charge in [-0.1, -0.05) is 18.2 Å². The van der Waals surface area contributed by atoms with Gasteiger partial charge in [0, 0.05) is 25.2 Å². The normalized spacial score (nSPS) is 14.7. The quantitative estimate of drug-likeness (QED) is 0.377. The van der Waals surface area contributed by atoms with Crippen molar-refractivity contribution in [2.75, 3.05) is 26.7 Å². The van der Waals surface area contributed by atoms with Crippen molar-refractivity contribution in [1.29, 1.82) is 0 Å². The molecule has 7 nitrogen and oxygen atoms in total. The summed E-state index contributed by atoms with van der Waals surface area (Å²) in [5.41, 5.74) is 0.553. The third-order valence-electron chi connectivity index (χ3n) is 3.82. The zero-order valence-electron chi connectivity index (χ0n) is 16.7. The fraction of sp³-hybridized carbons (Fsp3) is 0.579. The van der Waals surface area contributed by atoms with Gasteiger partial charge in [0.05, 0.1) is 19.7 Å². The molecule has 1 amide bonds. The van der Waals surface area contributed by atoms with Gasteiger partial charge in [-0.05, 0) is 33.8 Å². The van der Waals surface area contributed by atoms with Crippen molar-refractivity contribution in [2.45, 2.75) is 45.9 Å². The molecule has 0 unspecified atom stereocenters. The Kier molecular flexibility index (Phi) is 9.14. The minimum absolute atomic E-state index is 0. The Morgan fingerprint density at radius 3 is 2.56 bits per heavy atom. The molecule has 1 fully saturated rings. The molecule has 0 aliphatic carbocycles. The molecule has 1 aliphatic rings. The number of para-hydroxylation sites is 1. The molecule has 8 heteroatoms. The first-order valence-electron chi connectivity index (χ1n) is 8.97. The smallest absolute Gasteiger partial charge is 0.410 e. The summed E-state index contributed by atoms with van der Waals surface area (Å²) in [4.78, 5) is 18.3. The lowest BCUT2D eigenvalue weighted by molar-refractivity contribution is 0.00701.